The van der Waals surface area contributed by atoms with E-state index in [-0.39, 0.29) is 0 Å². The van der Waals surface area contributed by atoms with Gasteiger partial charge in [-0.3, -0.25) is 0 Å². The Morgan fingerprint density at radius 1 is 1.22 bits per heavy atom. The van der Waals surface area contributed by atoms with E-state index in [1.807, 2.05) is 18.8 Å². The van der Waals surface area contributed by atoms with Crippen molar-refractivity contribution in [2.45, 2.75) is 30.4 Å². The van der Waals surface area contributed by atoms with E-state index < -0.39 is 0 Å². The molecule has 1 aliphatic rings. The number of thioether (sulfide) groups is 1. The van der Waals surface area contributed by atoms with Gasteiger partial charge < -0.3 is 14.8 Å². The van der Waals surface area contributed by atoms with Crippen molar-refractivity contribution in [3.8, 4) is 11.5 Å². The van der Waals surface area contributed by atoms with Crippen LogP contribution in [0.1, 0.15) is 30.5 Å². The van der Waals surface area contributed by atoms with Gasteiger partial charge in [-0.25, -0.2) is 0 Å². The van der Waals surface area contributed by atoms with Crippen LogP contribution in [0.2, 0.25) is 0 Å². The summed E-state index contributed by atoms with van der Waals surface area (Å²) in [6, 6.07) is 4.63. The molecule has 3 nitrogen and oxygen atoms in total. The molecule has 0 saturated carbocycles. The van der Waals surface area contributed by atoms with Crippen molar-refractivity contribution in [1.82, 2.24) is 5.32 Å². The second-order valence-corrected chi connectivity index (χ2v) is 6.03. The molecular weight excluding hydrogens is 246 g/mol. The first-order valence-corrected chi connectivity index (χ1v) is 7.28. The molecule has 1 heterocycles. The summed E-state index contributed by atoms with van der Waals surface area (Å²) in [5, 5.41) is 4.07. The lowest BCUT2D eigenvalue weighted by atomic mass is 9.97. The normalized spacial score (nSPS) is 23.1. The molecule has 18 heavy (non-hydrogen) atoms. The number of methoxy groups -OCH3 is 2. The maximum absolute atomic E-state index is 5.40. The Balaban J connectivity index is 2.46. The number of ether oxygens (including phenoxy) is 2. The predicted octanol–water partition coefficient (Wildman–Crippen LogP) is 2.99. The summed E-state index contributed by atoms with van der Waals surface area (Å²) in [4.78, 5) is 0. The molecular formula is C14H21NO2S. The van der Waals surface area contributed by atoms with E-state index in [2.05, 4.69) is 24.4 Å². The maximum atomic E-state index is 5.40. The Morgan fingerprint density at radius 3 is 2.50 bits per heavy atom. The number of hydrogen-bond donors (Lipinski definition) is 1. The third-order valence-corrected chi connectivity index (χ3v) is 4.70. The summed E-state index contributed by atoms with van der Waals surface area (Å²) in [6.07, 6.45) is 1.14. The zero-order chi connectivity index (χ0) is 13.1. The van der Waals surface area contributed by atoms with E-state index in [0.717, 1.165) is 23.7 Å². The molecule has 100 valence electrons. The van der Waals surface area contributed by atoms with Crippen molar-refractivity contribution in [2.75, 3.05) is 21.3 Å². The highest BCUT2D eigenvalue weighted by molar-refractivity contribution is 7.99. The first kappa shape index (κ1) is 13.6. The lowest BCUT2D eigenvalue weighted by Gasteiger charge is -2.20. The van der Waals surface area contributed by atoms with Crippen LogP contribution in [-0.4, -0.2) is 26.5 Å². The quantitative estimate of drug-likeness (QED) is 0.912. The Hall–Kier alpha value is -0.870. The zero-order valence-corrected chi connectivity index (χ0v) is 12.3. The molecule has 0 radical (unpaired) electrons. The standard InChI is InChI=1S/C14H21NO2S/c1-9-5-12(15-2)11-7-14(17-4)13(16-3)6-10(11)8-18-9/h6-7,9,12,15H,5,8H2,1-4H3. The Kier molecular flexibility index (Phi) is 4.40. The van der Waals surface area contributed by atoms with Crippen LogP contribution in [0.3, 0.4) is 0 Å². The van der Waals surface area contributed by atoms with Gasteiger partial charge in [0.05, 0.1) is 14.2 Å². The second-order valence-electron chi connectivity index (χ2n) is 4.60. The van der Waals surface area contributed by atoms with Crippen molar-refractivity contribution in [1.29, 1.82) is 0 Å². The van der Waals surface area contributed by atoms with Crippen LogP contribution in [-0.2, 0) is 5.75 Å². The fourth-order valence-corrected chi connectivity index (χ4v) is 3.46. The summed E-state index contributed by atoms with van der Waals surface area (Å²) in [5.74, 6) is 2.67. The minimum Gasteiger partial charge on any atom is -0.493 e. The summed E-state index contributed by atoms with van der Waals surface area (Å²) in [5.41, 5.74) is 2.69. The molecule has 4 heteroatoms. The molecule has 1 aromatic carbocycles. The summed E-state index contributed by atoms with van der Waals surface area (Å²) >= 11 is 2.00. The molecule has 0 aromatic heterocycles. The molecule has 0 saturated heterocycles. The van der Waals surface area contributed by atoms with Gasteiger partial charge in [0.1, 0.15) is 0 Å². The fraction of sp³-hybridized carbons (Fsp3) is 0.571. The van der Waals surface area contributed by atoms with E-state index in [9.17, 15) is 0 Å². The van der Waals surface area contributed by atoms with Gasteiger partial charge in [-0.1, -0.05) is 6.92 Å². The van der Waals surface area contributed by atoms with Gasteiger partial charge in [0, 0.05) is 17.0 Å². The lowest BCUT2D eigenvalue weighted by Crippen LogP contribution is -2.19. The number of rotatable bonds is 3. The van der Waals surface area contributed by atoms with Crippen LogP contribution >= 0.6 is 11.8 Å². The Labute approximate surface area is 113 Å². The maximum Gasteiger partial charge on any atom is 0.161 e. The monoisotopic (exact) mass is 267 g/mol. The average Bonchev–Trinajstić information content (AvgIpc) is 2.56. The molecule has 2 unspecified atom stereocenters. The largest absolute Gasteiger partial charge is 0.493 e. The van der Waals surface area contributed by atoms with Crippen LogP contribution in [0.4, 0.5) is 0 Å². The van der Waals surface area contributed by atoms with E-state index >= 15 is 0 Å². The van der Waals surface area contributed by atoms with Crippen molar-refractivity contribution < 1.29 is 9.47 Å². The van der Waals surface area contributed by atoms with Gasteiger partial charge in [0.25, 0.3) is 0 Å². The SMILES string of the molecule is CNC1CC(C)SCc2cc(OC)c(OC)cc21. The van der Waals surface area contributed by atoms with Crippen molar-refractivity contribution in [3.05, 3.63) is 23.3 Å². The highest BCUT2D eigenvalue weighted by Crippen LogP contribution is 2.40. The molecule has 0 aliphatic carbocycles. The first-order valence-electron chi connectivity index (χ1n) is 6.23. The van der Waals surface area contributed by atoms with Crippen LogP contribution in [0, 0.1) is 0 Å². The van der Waals surface area contributed by atoms with Gasteiger partial charge in [-0.15, -0.1) is 0 Å². The van der Waals surface area contributed by atoms with Crippen molar-refractivity contribution in [3.63, 3.8) is 0 Å². The highest BCUT2D eigenvalue weighted by Gasteiger charge is 2.23. The predicted molar refractivity (Wildman–Crippen MR) is 76.7 cm³/mol. The van der Waals surface area contributed by atoms with E-state index in [1.54, 1.807) is 14.2 Å². The Bertz CT molecular complexity index is 423. The van der Waals surface area contributed by atoms with Crippen LogP contribution in [0.15, 0.2) is 12.1 Å². The molecule has 0 bridgehead atoms. The Morgan fingerprint density at radius 2 is 1.89 bits per heavy atom. The molecule has 1 N–H and O–H groups in total. The highest BCUT2D eigenvalue weighted by atomic mass is 32.2. The minimum absolute atomic E-state index is 0.393. The number of nitrogens with one attached hydrogen (secondary N) is 1. The van der Waals surface area contributed by atoms with E-state index in [4.69, 9.17) is 9.47 Å². The van der Waals surface area contributed by atoms with E-state index in [1.165, 1.54) is 11.1 Å². The molecule has 2 rings (SSSR count). The molecule has 0 fully saturated rings. The molecule has 0 amide bonds. The third-order valence-electron chi connectivity index (χ3n) is 3.46. The zero-order valence-electron chi connectivity index (χ0n) is 11.4. The van der Waals surface area contributed by atoms with Crippen molar-refractivity contribution >= 4 is 11.8 Å². The van der Waals surface area contributed by atoms with E-state index in [0.29, 0.717) is 11.3 Å². The smallest absolute Gasteiger partial charge is 0.161 e. The van der Waals surface area contributed by atoms with Crippen LogP contribution < -0.4 is 14.8 Å². The fourth-order valence-electron chi connectivity index (χ4n) is 2.42. The van der Waals surface area contributed by atoms with Gasteiger partial charge in [-0.2, -0.15) is 11.8 Å². The third kappa shape index (κ3) is 2.59. The molecule has 0 spiro atoms. The van der Waals surface area contributed by atoms with Gasteiger partial charge in [-0.05, 0) is 36.7 Å². The first-order chi connectivity index (χ1) is 8.69. The molecule has 1 aromatic rings. The topological polar surface area (TPSA) is 30.5 Å². The average molecular weight is 267 g/mol. The summed E-state index contributed by atoms with van der Waals surface area (Å²) in [6.45, 7) is 2.29. The number of hydrogen-bond acceptors (Lipinski definition) is 4. The van der Waals surface area contributed by atoms with Gasteiger partial charge >= 0.3 is 0 Å². The minimum atomic E-state index is 0.393. The van der Waals surface area contributed by atoms with Gasteiger partial charge in [0.2, 0.25) is 0 Å². The number of benzene rings is 1. The number of fused-ring (bicyclic) bond motifs is 1. The lowest BCUT2D eigenvalue weighted by molar-refractivity contribution is 0.353. The van der Waals surface area contributed by atoms with Crippen LogP contribution in [0.5, 0.6) is 11.5 Å². The molecule has 1 aliphatic heterocycles. The summed E-state index contributed by atoms with van der Waals surface area (Å²) in [7, 11) is 5.40. The molecule has 2 atom stereocenters. The summed E-state index contributed by atoms with van der Waals surface area (Å²) < 4.78 is 10.8. The van der Waals surface area contributed by atoms with Gasteiger partial charge in [0.15, 0.2) is 11.5 Å². The van der Waals surface area contributed by atoms with Crippen LogP contribution in [0.25, 0.3) is 0 Å². The van der Waals surface area contributed by atoms with Crippen molar-refractivity contribution in [2.24, 2.45) is 0 Å². The second kappa shape index (κ2) is 5.85.